The molecule has 2 rings (SSSR count). The summed E-state index contributed by atoms with van der Waals surface area (Å²) >= 11 is 0. The SMILES string of the molecule is CCCCN(C)C(=O)c1nc(C(=O)NCCCN(C)C)c2n1CCCC2. The van der Waals surface area contributed by atoms with E-state index in [1.165, 1.54) is 0 Å². The highest BCUT2D eigenvalue weighted by atomic mass is 16.2. The number of amides is 2. The Balaban J connectivity index is 2.13. The van der Waals surface area contributed by atoms with Crippen molar-refractivity contribution in [2.45, 2.75) is 52.0 Å². The molecule has 0 bridgehead atoms. The van der Waals surface area contributed by atoms with Gasteiger partial charge in [0.1, 0.15) is 5.69 Å². The van der Waals surface area contributed by atoms with Crippen LogP contribution in [0.4, 0.5) is 0 Å². The molecule has 146 valence electrons. The second kappa shape index (κ2) is 9.71. The van der Waals surface area contributed by atoms with E-state index in [1.54, 1.807) is 4.90 Å². The van der Waals surface area contributed by atoms with E-state index in [2.05, 4.69) is 22.1 Å². The van der Waals surface area contributed by atoms with Crippen LogP contribution in [0.25, 0.3) is 0 Å². The normalized spacial score (nSPS) is 13.6. The third-order valence-electron chi connectivity index (χ3n) is 4.79. The molecular weight excluding hydrogens is 330 g/mol. The van der Waals surface area contributed by atoms with Gasteiger partial charge in [0.15, 0.2) is 5.82 Å². The standard InChI is InChI=1S/C19H33N5O2/c1-5-6-13-23(4)19(26)17-21-16(15-10-7-8-14-24(15)17)18(25)20-11-9-12-22(2)3/h5-14H2,1-4H3,(H,20,25). The van der Waals surface area contributed by atoms with Crippen LogP contribution in [-0.2, 0) is 13.0 Å². The van der Waals surface area contributed by atoms with Crippen molar-refractivity contribution in [3.05, 3.63) is 17.2 Å². The fourth-order valence-corrected chi connectivity index (χ4v) is 3.24. The van der Waals surface area contributed by atoms with Gasteiger partial charge < -0.3 is 19.7 Å². The second-order valence-electron chi connectivity index (χ2n) is 7.33. The topological polar surface area (TPSA) is 70.5 Å². The van der Waals surface area contributed by atoms with Crippen LogP contribution in [0.5, 0.6) is 0 Å². The van der Waals surface area contributed by atoms with Gasteiger partial charge >= 0.3 is 0 Å². The van der Waals surface area contributed by atoms with Gasteiger partial charge in [-0.05, 0) is 52.7 Å². The van der Waals surface area contributed by atoms with Crippen molar-refractivity contribution < 1.29 is 9.59 Å². The van der Waals surface area contributed by atoms with Crippen LogP contribution in [-0.4, -0.2) is 71.9 Å². The molecule has 1 N–H and O–H groups in total. The van der Waals surface area contributed by atoms with Gasteiger partial charge in [-0.2, -0.15) is 0 Å². The number of carbonyl (C=O) groups is 2. The van der Waals surface area contributed by atoms with Gasteiger partial charge in [0, 0.05) is 26.7 Å². The highest BCUT2D eigenvalue weighted by Crippen LogP contribution is 2.22. The zero-order valence-corrected chi connectivity index (χ0v) is 16.7. The first-order valence-electron chi connectivity index (χ1n) is 9.73. The molecule has 7 heteroatoms. The van der Waals surface area contributed by atoms with Gasteiger partial charge in [-0.3, -0.25) is 9.59 Å². The number of nitrogens with one attached hydrogen (secondary N) is 1. The summed E-state index contributed by atoms with van der Waals surface area (Å²) in [6.07, 6.45) is 5.75. The molecule has 0 spiro atoms. The van der Waals surface area contributed by atoms with Gasteiger partial charge in [0.05, 0.1) is 5.69 Å². The zero-order valence-electron chi connectivity index (χ0n) is 16.7. The lowest BCUT2D eigenvalue weighted by molar-refractivity contribution is 0.0775. The number of aromatic nitrogens is 2. The predicted octanol–water partition coefficient (Wildman–Crippen LogP) is 1.77. The smallest absolute Gasteiger partial charge is 0.289 e. The maximum Gasteiger partial charge on any atom is 0.289 e. The van der Waals surface area contributed by atoms with Crippen LogP contribution >= 0.6 is 0 Å². The van der Waals surface area contributed by atoms with Gasteiger partial charge in [0.2, 0.25) is 0 Å². The summed E-state index contributed by atoms with van der Waals surface area (Å²) in [6, 6.07) is 0. The Bertz CT molecular complexity index is 624. The molecule has 2 amide bonds. The molecule has 0 fully saturated rings. The maximum absolute atomic E-state index is 12.8. The minimum absolute atomic E-state index is 0.0896. The van der Waals surface area contributed by atoms with E-state index < -0.39 is 0 Å². The third kappa shape index (κ3) is 5.06. The molecule has 1 aliphatic heterocycles. The lowest BCUT2D eigenvalue weighted by Crippen LogP contribution is -2.31. The molecule has 0 radical (unpaired) electrons. The number of fused-ring (bicyclic) bond motifs is 1. The van der Waals surface area contributed by atoms with Crippen LogP contribution < -0.4 is 5.32 Å². The fourth-order valence-electron chi connectivity index (χ4n) is 3.24. The molecular formula is C19H33N5O2. The van der Waals surface area contributed by atoms with Crippen molar-refractivity contribution in [3.63, 3.8) is 0 Å². The van der Waals surface area contributed by atoms with E-state index >= 15 is 0 Å². The number of carbonyl (C=O) groups excluding carboxylic acids is 2. The predicted molar refractivity (Wildman–Crippen MR) is 103 cm³/mol. The number of rotatable bonds is 9. The first-order valence-corrected chi connectivity index (χ1v) is 9.73. The average molecular weight is 364 g/mol. The Morgan fingerprint density at radius 3 is 2.62 bits per heavy atom. The molecule has 0 atom stereocenters. The van der Waals surface area contributed by atoms with E-state index in [-0.39, 0.29) is 11.8 Å². The van der Waals surface area contributed by atoms with E-state index in [1.807, 2.05) is 25.7 Å². The van der Waals surface area contributed by atoms with Crippen molar-refractivity contribution in [3.8, 4) is 0 Å². The van der Waals surface area contributed by atoms with Crippen LogP contribution in [0, 0.1) is 0 Å². The van der Waals surface area contributed by atoms with Gasteiger partial charge in [-0.1, -0.05) is 13.3 Å². The van der Waals surface area contributed by atoms with E-state index in [9.17, 15) is 9.59 Å². The van der Waals surface area contributed by atoms with Crippen molar-refractivity contribution in [2.75, 3.05) is 40.8 Å². The van der Waals surface area contributed by atoms with E-state index in [4.69, 9.17) is 0 Å². The quantitative estimate of drug-likeness (QED) is 0.679. The molecule has 0 saturated heterocycles. The lowest BCUT2D eigenvalue weighted by Gasteiger charge is -2.20. The molecule has 0 saturated carbocycles. The Morgan fingerprint density at radius 1 is 1.15 bits per heavy atom. The average Bonchev–Trinajstić information content (AvgIpc) is 3.02. The van der Waals surface area contributed by atoms with Crippen LogP contribution in [0.1, 0.15) is 65.8 Å². The second-order valence-corrected chi connectivity index (χ2v) is 7.33. The number of unbranched alkanes of at least 4 members (excludes halogenated alkanes) is 1. The van der Waals surface area contributed by atoms with Gasteiger partial charge in [0.25, 0.3) is 11.8 Å². The largest absolute Gasteiger partial charge is 0.351 e. The highest BCUT2D eigenvalue weighted by Gasteiger charge is 2.28. The molecule has 1 aromatic heterocycles. The van der Waals surface area contributed by atoms with Crippen LogP contribution in [0.2, 0.25) is 0 Å². The molecule has 1 aromatic rings. The monoisotopic (exact) mass is 363 g/mol. The van der Waals surface area contributed by atoms with Gasteiger partial charge in [-0.15, -0.1) is 0 Å². The van der Waals surface area contributed by atoms with Crippen molar-refractivity contribution in [2.24, 2.45) is 0 Å². The fraction of sp³-hybridized carbons (Fsp3) is 0.737. The van der Waals surface area contributed by atoms with Crippen LogP contribution in [0.3, 0.4) is 0 Å². The first-order chi connectivity index (χ1) is 12.5. The highest BCUT2D eigenvalue weighted by molar-refractivity contribution is 5.97. The maximum atomic E-state index is 12.8. The Hall–Kier alpha value is -1.89. The molecule has 26 heavy (non-hydrogen) atoms. The van der Waals surface area contributed by atoms with Crippen LogP contribution in [0.15, 0.2) is 0 Å². The third-order valence-corrected chi connectivity index (χ3v) is 4.79. The molecule has 2 heterocycles. The summed E-state index contributed by atoms with van der Waals surface area (Å²) < 4.78 is 1.96. The summed E-state index contributed by atoms with van der Waals surface area (Å²) in [5.74, 6) is 0.162. The first kappa shape index (κ1) is 20.4. The Morgan fingerprint density at radius 2 is 1.92 bits per heavy atom. The minimum Gasteiger partial charge on any atom is -0.351 e. The summed E-state index contributed by atoms with van der Waals surface area (Å²) in [7, 11) is 5.84. The van der Waals surface area contributed by atoms with Gasteiger partial charge in [-0.25, -0.2) is 4.98 Å². The Labute approximate surface area is 156 Å². The minimum atomic E-state index is -0.162. The van der Waals surface area contributed by atoms with Crippen molar-refractivity contribution in [1.29, 1.82) is 0 Å². The summed E-state index contributed by atoms with van der Waals surface area (Å²) in [6.45, 7) is 5.12. The van der Waals surface area contributed by atoms with E-state index in [0.717, 1.165) is 57.3 Å². The lowest BCUT2D eigenvalue weighted by atomic mass is 10.1. The number of imidazole rings is 1. The van der Waals surface area contributed by atoms with E-state index in [0.29, 0.717) is 24.6 Å². The molecule has 1 aliphatic rings. The van der Waals surface area contributed by atoms with Crippen molar-refractivity contribution in [1.82, 2.24) is 24.7 Å². The molecule has 0 unspecified atom stereocenters. The number of hydrogen-bond donors (Lipinski definition) is 1. The summed E-state index contributed by atoms with van der Waals surface area (Å²) in [5.41, 5.74) is 1.34. The molecule has 0 aliphatic carbocycles. The van der Waals surface area contributed by atoms with Crippen molar-refractivity contribution >= 4 is 11.8 Å². The number of hydrogen-bond acceptors (Lipinski definition) is 4. The summed E-state index contributed by atoms with van der Waals surface area (Å²) in [4.78, 5) is 33.7. The zero-order chi connectivity index (χ0) is 19.1. The Kier molecular flexibility index (Phi) is 7.63. The molecule has 0 aromatic carbocycles. The number of nitrogens with zero attached hydrogens (tertiary/aromatic N) is 4. The summed E-state index contributed by atoms with van der Waals surface area (Å²) in [5, 5.41) is 2.95. The molecule has 7 nitrogen and oxygen atoms in total.